The predicted molar refractivity (Wildman–Crippen MR) is 155 cm³/mol. The third-order valence-electron chi connectivity index (χ3n) is 7.90. The number of amides is 2. The van der Waals surface area contributed by atoms with Crippen LogP contribution in [0.1, 0.15) is 46.7 Å². The van der Waals surface area contributed by atoms with Crippen molar-refractivity contribution in [3.8, 4) is 17.2 Å². The number of fused-ring (bicyclic) bond motifs is 1. The van der Waals surface area contributed by atoms with E-state index in [1.807, 2.05) is 58.0 Å². The van der Waals surface area contributed by atoms with Gasteiger partial charge in [-0.05, 0) is 92.2 Å². The van der Waals surface area contributed by atoms with Gasteiger partial charge in [0, 0.05) is 12.0 Å². The van der Waals surface area contributed by atoms with Crippen molar-refractivity contribution < 1.29 is 33.7 Å². The first-order valence-corrected chi connectivity index (χ1v) is 14.3. The molecule has 2 amide bonds. The first-order valence-electron chi connectivity index (χ1n) is 13.5. The monoisotopic (exact) mass is 575 g/mol. The Morgan fingerprint density at radius 2 is 1.71 bits per heavy atom. The molecular formula is C32H33NO7S. The first kappa shape index (κ1) is 28.5. The molecule has 3 aromatic carbocycles. The SMILES string of the molecule is Cc1c(C)c2c(c(C)c1O)CCC(C)(COc1ccc(C[C@@]3(C(=O)OCc4ccccc4)SC(=O)NC3=O)cc1)O2. The number of carbonyl (C=O) groups is 3. The second-order valence-electron chi connectivity index (χ2n) is 10.9. The number of nitrogens with one attached hydrogen (secondary N) is 1. The molecule has 41 heavy (non-hydrogen) atoms. The highest BCUT2D eigenvalue weighted by molar-refractivity contribution is 8.16. The lowest BCUT2D eigenvalue weighted by molar-refractivity contribution is -0.150. The van der Waals surface area contributed by atoms with Gasteiger partial charge in [-0.3, -0.25) is 14.9 Å². The summed E-state index contributed by atoms with van der Waals surface area (Å²) in [6, 6.07) is 16.2. The number of benzene rings is 3. The molecule has 1 saturated heterocycles. The number of thioether (sulfide) groups is 1. The summed E-state index contributed by atoms with van der Waals surface area (Å²) in [4.78, 5) is 38.0. The average molecular weight is 576 g/mol. The summed E-state index contributed by atoms with van der Waals surface area (Å²) in [5.74, 6) is 0.319. The van der Waals surface area contributed by atoms with Gasteiger partial charge in [-0.1, -0.05) is 42.5 Å². The molecule has 1 fully saturated rings. The van der Waals surface area contributed by atoms with E-state index >= 15 is 0 Å². The van der Waals surface area contributed by atoms with E-state index in [1.54, 1.807) is 24.3 Å². The van der Waals surface area contributed by atoms with Crippen LogP contribution >= 0.6 is 11.8 Å². The smallest absolute Gasteiger partial charge is 0.333 e. The minimum atomic E-state index is -1.70. The van der Waals surface area contributed by atoms with Crippen LogP contribution in [0.2, 0.25) is 0 Å². The summed E-state index contributed by atoms with van der Waals surface area (Å²) in [6.45, 7) is 8.09. The van der Waals surface area contributed by atoms with Crippen molar-refractivity contribution in [3.63, 3.8) is 0 Å². The largest absolute Gasteiger partial charge is 0.507 e. The molecule has 2 N–H and O–H groups in total. The van der Waals surface area contributed by atoms with E-state index in [2.05, 4.69) is 5.32 Å². The molecule has 3 aromatic rings. The Morgan fingerprint density at radius 3 is 2.37 bits per heavy atom. The molecule has 0 radical (unpaired) electrons. The van der Waals surface area contributed by atoms with Crippen molar-refractivity contribution in [3.05, 3.63) is 88.0 Å². The van der Waals surface area contributed by atoms with Gasteiger partial charge in [0.2, 0.25) is 4.75 Å². The van der Waals surface area contributed by atoms with E-state index in [0.29, 0.717) is 35.4 Å². The Labute approximate surface area is 243 Å². The number of imide groups is 1. The topological polar surface area (TPSA) is 111 Å². The highest BCUT2D eigenvalue weighted by atomic mass is 32.2. The minimum absolute atomic E-state index is 0.00136. The molecule has 0 spiro atoms. The predicted octanol–water partition coefficient (Wildman–Crippen LogP) is 5.49. The molecule has 2 atom stereocenters. The molecule has 214 valence electrons. The zero-order valence-corrected chi connectivity index (χ0v) is 24.4. The zero-order chi connectivity index (χ0) is 29.4. The van der Waals surface area contributed by atoms with Gasteiger partial charge in [-0.15, -0.1) is 0 Å². The molecule has 2 heterocycles. The standard InChI is InChI=1S/C32H33NO7S/c1-19-20(2)27-25(21(3)26(19)34)14-15-31(4,40-27)18-39-24-12-10-22(11-13-24)16-32(28(35)33-30(37)41-32)29(36)38-17-23-8-6-5-7-9-23/h5-13,34H,14-18H2,1-4H3,(H,33,35,37)/t31?,32-/m1/s1. The molecule has 8 nitrogen and oxygen atoms in total. The van der Waals surface area contributed by atoms with Gasteiger partial charge < -0.3 is 19.3 Å². The third kappa shape index (κ3) is 5.63. The van der Waals surface area contributed by atoms with Crippen LogP contribution in [-0.4, -0.2) is 39.2 Å². The number of carbonyl (C=O) groups excluding carboxylic acids is 3. The molecule has 5 rings (SSSR count). The number of esters is 1. The summed E-state index contributed by atoms with van der Waals surface area (Å²) in [5.41, 5.74) is 4.56. The summed E-state index contributed by atoms with van der Waals surface area (Å²) in [5, 5.41) is 12.1. The molecule has 1 unspecified atom stereocenters. The number of phenolic OH excluding ortho intramolecular Hbond substituents is 1. The average Bonchev–Trinajstić information content (AvgIpc) is 3.26. The Hall–Kier alpha value is -3.98. The number of rotatable bonds is 8. The van der Waals surface area contributed by atoms with E-state index in [-0.39, 0.29) is 13.0 Å². The summed E-state index contributed by atoms with van der Waals surface area (Å²) < 4.78 is 16.3. The first-order chi connectivity index (χ1) is 19.5. The van der Waals surface area contributed by atoms with Crippen molar-refractivity contribution in [1.29, 1.82) is 0 Å². The number of ether oxygens (including phenoxy) is 3. The van der Waals surface area contributed by atoms with Crippen LogP contribution < -0.4 is 14.8 Å². The van der Waals surface area contributed by atoms with Crippen LogP contribution in [-0.2, 0) is 33.8 Å². The Morgan fingerprint density at radius 1 is 1.00 bits per heavy atom. The van der Waals surface area contributed by atoms with E-state index in [0.717, 1.165) is 46.4 Å². The minimum Gasteiger partial charge on any atom is -0.507 e. The molecule has 2 aliphatic rings. The summed E-state index contributed by atoms with van der Waals surface area (Å²) in [7, 11) is 0. The van der Waals surface area contributed by atoms with Gasteiger partial charge in [0.15, 0.2) is 0 Å². The molecule has 0 aromatic heterocycles. The summed E-state index contributed by atoms with van der Waals surface area (Å²) in [6.07, 6.45) is 1.50. The number of phenols is 1. The van der Waals surface area contributed by atoms with Crippen LogP contribution in [0.4, 0.5) is 4.79 Å². The van der Waals surface area contributed by atoms with Crippen molar-refractivity contribution >= 4 is 28.9 Å². The fourth-order valence-electron chi connectivity index (χ4n) is 5.21. The van der Waals surface area contributed by atoms with Crippen molar-refractivity contribution in [2.75, 3.05) is 6.61 Å². The highest BCUT2D eigenvalue weighted by Gasteiger charge is 2.55. The van der Waals surface area contributed by atoms with Crippen LogP contribution in [0, 0.1) is 20.8 Å². The van der Waals surface area contributed by atoms with Gasteiger partial charge in [0.1, 0.15) is 36.1 Å². The van der Waals surface area contributed by atoms with Gasteiger partial charge in [-0.2, -0.15) is 0 Å². The highest BCUT2D eigenvalue weighted by Crippen LogP contribution is 2.43. The maximum absolute atomic E-state index is 13.1. The van der Waals surface area contributed by atoms with Gasteiger partial charge in [0.05, 0.1) is 0 Å². The van der Waals surface area contributed by atoms with Crippen molar-refractivity contribution in [1.82, 2.24) is 5.32 Å². The quantitative estimate of drug-likeness (QED) is 0.268. The Balaban J connectivity index is 1.25. The number of aromatic hydroxyl groups is 1. The lowest BCUT2D eigenvalue weighted by atomic mass is 9.87. The van der Waals surface area contributed by atoms with Crippen LogP contribution in [0.3, 0.4) is 0 Å². The molecular weight excluding hydrogens is 542 g/mol. The lowest BCUT2D eigenvalue weighted by Gasteiger charge is -2.37. The Kier molecular flexibility index (Phi) is 7.74. The van der Waals surface area contributed by atoms with Crippen LogP contribution in [0.15, 0.2) is 54.6 Å². The third-order valence-corrected chi connectivity index (χ3v) is 9.04. The molecule has 0 bridgehead atoms. The van der Waals surface area contributed by atoms with Crippen LogP contribution in [0.5, 0.6) is 17.2 Å². The van der Waals surface area contributed by atoms with E-state index in [9.17, 15) is 19.5 Å². The molecule has 9 heteroatoms. The zero-order valence-electron chi connectivity index (χ0n) is 23.5. The molecule has 0 saturated carbocycles. The number of hydrogen-bond acceptors (Lipinski definition) is 8. The van der Waals surface area contributed by atoms with Crippen molar-refractivity contribution in [2.24, 2.45) is 0 Å². The van der Waals surface area contributed by atoms with Gasteiger partial charge in [-0.25, -0.2) is 4.79 Å². The van der Waals surface area contributed by atoms with Gasteiger partial charge in [0.25, 0.3) is 11.1 Å². The molecule has 0 aliphatic carbocycles. The lowest BCUT2D eigenvalue weighted by Crippen LogP contribution is -2.46. The van der Waals surface area contributed by atoms with Crippen LogP contribution in [0.25, 0.3) is 0 Å². The van der Waals surface area contributed by atoms with E-state index in [4.69, 9.17) is 14.2 Å². The molecule has 2 aliphatic heterocycles. The second kappa shape index (κ2) is 11.1. The fourth-order valence-corrected chi connectivity index (χ4v) is 6.19. The van der Waals surface area contributed by atoms with E-state index < -0.39 is 27.5 Å². The number of hydrogen-bond donors (Lipinski definition) is 2. The second-order valence-corrected chi connectivity index (χ2v) is 12.2. The normalized spacial score (nSPS) is 21.6. The van der Waals surface area contributed by atoms with Gasteiger partial charge >= 0.3 is 5.97 Å². The maximum Gasteiger partial charge on any atom is 0.333 e. The maximum atomic E-state index is 13.1. The fraction of sp³-hybridized carbons (Fsp3) is 0.344. The van der Waals surface area contributed by atoms with E-state index in [1.165, 1.54) is 0 Å². The summed E-state index contributed by atoms with van der Waals surface area (Å²) >= 11 is 0.653. The van der Waals surface area contributed by atoms with Crippen molar-refractivity contribution in [2.45, 2.75) is 63.9 Å². The Bertz CT molecular complexity index is 1500.